The quantitative estimate of drug-likeness (QED) is 0.260. The van der Waals surface area contributed by atoms with Crippen LogP contribution in [0.15, 0.2) is 16.3 Å². The molecule has 0 atom stereocenters. The van der Waals surface area contributed by atoms with Gasteiger partial charge in [0.25, 0.3) is 5.56 Å². The van der Waals surface area contributed by atoms with Gasteiger partial charge in [-0.15, -0.1) is 0 Å². The van der Waals surface area contributed by atoms with E-state index >= 15 is 0 Å². The van der Waals surface area contributed by atoms with E-state index in [2.05, 4.69) is 25.3 Å². The van der Waals surface area contributed by atoms with E-state index in [-0.39, 0.29) is 18.0 Å². The van der Waals surface area contributed by atoms with Crippen molar-refractivity contribution >= 4 is 34.8 Å². The van der Waals surface area contributed by atoms with E-state index in [0.717, 1.165) is 6.42 Å². The minimum Gasteiger partial charge on any atom is -0.465 e. The average Bonchev–Trinajstić information content (AvgIpc) is 3.02. The molecule has 0 saturated heterocycles. The maximum absolute atomic E-state index is 11.7. The molecule has 0 bridgehead atoms. The number of fused-ring (bicyclic) bond motifs is 1. The number of rotatable bonds is 9. The van der Waals surface area contributed by atoms with E-state index in [1.54, 1.807) is 6.92 Å². The van der Waals surface area contributed by atoms with Crippen LogP contribution >= 0.6 is 11.8 Å². The van der Waals surface area contributed by atoms with E-state index in [1.807, 2.05) is 0 Å². The Morgan fingerprint density at radius 1 is 1.38 bits per heavy atom. The van der Waals surface area contributed by atoms with Crippen LogP contribution in [0.2, 0.25) is 0 Å². The molecule has 0 aromatic carbocycles. The fraction of sp³-hybridized carbons (Fsp3) is 0.500. The van der Waals surface area contributed by atoms with Crippen molar-refractivity contribution in [3.8, 4) is 0 Å². The molecule has 0 aliphatic rings. The Bertz CT molecular complexity index is 757. The third-order valence-corrected chi connectivity index (χ3v) is 4.01. The summed E-state index contributed by atoms with van der Waals surface area (Å²) in [5, 5.41) is 3.01. The van der Waals surface area contributed by atoms with Gasteiger partial charge in [0.1, 0.15) is 6.54 Å². The van der Waals surface area contributed by atoms with Crippen LogP contribution in [0.4, 0.5) is 0 Å². The third-order valence-electron chi connectivity index (χ3n) is 3.05. The molecule has 2 aromatic rings. The van der Waals surface area contributed by atoms with E-state index in [1.165, 1.54) is 18.1 Å². The summed E-state index contributed by atoms with van der Waals surface area (Å²) in [6.45, 7) is 1.91. The van der Waals surface area contributed by atoms with Crippen molar-refractivity contribution in [2.24, 2.45) is 0 Å². The Morgan fingerprint density at radius 2 is 2.21 bits per heavy atom. The number of aromatic nitrogens is 4. The summed E-state index contributed by atoms with van der Waals surface area (Å²) in [4.78, 5) is 48.0. The number of H-pyrrole nitrogens is 2. The second-order valence-corrected chi connectivity index (χ2v) is 5.94. The molecular weight excluding hydrogens is 334 g/mol. The van der Waals surface area contributed by atoms with E-state index < -0.39 is 5.97 Å². The first kappa shape index (κ1) is 18.0. The molecule has 24 heavy (non-hydrogen) atoms. The number of esters is 1. The molecule has 130 valence electrons. The van der Waals surface area contributed by atoms with E-state index in [0.29, 0.717) is 41.5 Å². The number of thioether (sulfide) groups is 1. The highest BCUT2D eigenvalue weighted by atomic mass is 32.2. The fourth-order valence-corrected chi connectivity index (χ4v) is 2.78. The molecule has 2 heterocycles. The molecule has 0 unspecified atom stereocenters. The van der Waals surface area contributed by atoms with Crippen LogP contribution in [0.1, 0.15) is 26.2 Å². The summed E-state index contributed by atoms with van der Waals surface area (Å²) in [6.07, 6.45) is 3.22. The Hall–Kier alpha value is -2.36. The van der Waals surface area contributed by atoms with Crippen molar-refractivity contribution < 1.29 is 14.3 Å². The van der Waals surface area contributed by atoms with Gasteiger partial charge in [-0.2, -0.15) is 0 Å². The van der Waals surface area contributed by atoms with E-state index in [9.17, 15) is 14.4 Å². The molecule has 10 heteroatoms. The zero-order valence-corrected chi connectivity index (χ0v) is 14.1. The van der Waals surface area contributed by atoms with Crippen molar-refractivity contribution in [3.05, 3.63) is 16.7 Å². The number of aromatic amines is 2. The van der Waals surface area contributed by atoms with Gasteiger partial charge >= 0.3 is 5.97 Å². The van der Waals surface area contributed by atoms with E-state index in [4.69, 9.17) is 4.74 Å². The summed E-state index contributed by atoms with van der Waals surface area (Å²) in [5.74, 6) is 0.0898. The Labute approximate surface area is 142 Å². The maximum atomic E-state index is 11.7. The molecular formula is C14H19N5O4S. The number of carbonyl (C=O) groups excluding carboxylic acids is 2. The first-order chi connectivity index (χ1) is 11.6. The fourth-order valence-electron chi connectivity index (χ4n) is 1.92. The minimum atomic E-state index is -0.440. The number of nitrogens with zero attached hydrogens (tertiary/aromatic N) is 2. The number of hydrogen-bond donors (Lipinski definition) is 3. The van der Waals surface area contributed by atoms with Crippen molar-refractivity contribution in [3.63, 3.8) is 0 Å². The van der Waals surface area contributed by atoms with Crippen molar-refractivity contribution in [2.45, 2.75) is 31.3 Å². The Morgan fingerprint density at radius 3 is 3.00 bits per heavy atom. The lowest BCUT2D eigenvalue weighted by Gasteiger charge is -2.05. The van der Waals surface area contributed by atoms with Crippen LogP contribution in [0.3, 0.4) is 0 Å². The molecule has 3 N–H and O–H groups in total. The lowest BCUT2D eigenvalue weighted by atomic mass is 10.2. The SMILES string of the molecule is CCOC(=O)CNC(=O)CCCCSc1nc2nc[nH]c2c(=O)[nH]1. The van der Waals surface area contributed by atoms with Gasteiger partial charge in [-0.1, -0.05) is 11.8 Å². The standard InChI is InChI=1S/C14H19N5O4S/c1-2-23-10(21)7-15-9(20)5-3-4-6-24-14-18-12-11(13(22)19-14)16-8-17-12/h8H,2-7H2,1H3,(H,15,20)(H2,16,17,18,19,22). The van der Waals surface area contributed by atoms with Gasteiger partial charge in [0.15, 0.2) is 16.3 Å². The smallest absolute Gasteiger partial charge is 0.325 e. The van der Waals surface area contributed by atoms with Crippen LogP contribution in [-0.2, 0) is 14.3 Å². The highest BCUT2D eigenvalue weighted by Gasteiger charge is 2.07. The number of unbranched alkanes of at least 4 members (excludes halogenated alkanes) is 1. The van der Waals surface area contributed by atoms with Gasteiger partial charge < -0.3 is 15.0 Å². The second-order valence-electron chi connectivity index (χ2n) is 4.86. The summed E-state index contributed by atoms with van der Waals surface area (Å²) >= 11 is 1.40. The first-order valence-electron chi connectivity index (χ1n) is 7.58. The van der Waals surface area contributed by atoms with Gasteiger partial charge in [-0.05, 0) is 19.8 Å². The molecule has 9 nitrogen and oxygen atoms in total. The first-order valence-corrected chi connectivity index (χ1v) is 8.57. The van der Waals surface area contributed by atoms with Crippen LogP contribution in [-0.4, -0.2) is 50.7 Å². The van der Waals surface area contributed by atoms with Gasteiger partial charge in [0, 0.05) is 12.2 Å². The normalized spacial score (nSPS) is 10.7. The van der Waals surface area contributed by atoms with Crippen molar-refractivity contribution in [2.75, 3.05) is 18.9 Å². The Balaban J connectivity index is 1.64. The monoisotopic (exact) mass is 353 g/mol. The molecule has 0 spiro atoms. The number of imidazole rings is 1. The number of ether oxygens (including phenoxy) is 1. The summed E-state index contributed by atoms with van der Waals surface area (Å²) in [5.41, 5.74) is 0.496. The maximum Gasteiger partial charge on any atom is 0.325 e. The zero-order valence-electron chi connectivity index (χ0n) is 13.3. The summed E-state index contributed by atoms with van der Waals surface area (Å²) < 4.78 is 4.72. The molecule has 0 fully saturated rings. The summed E-state index contributed by atoms with van der Waals surface area (Å²) in [7, 11) is 0. The highest BCUT2D eigenvalue weighted by molar-refractivity contribution is 7.99. The Kier molecular flexibility index (Phi) is 6.79. The number of carbonyl (C=O) groups is 2. The van der Waals surface area contributed by atoms with Crippen LogP contribution in [0.5, 0.6) is 0 Å². The van der Waals surface area contributed by atoms with Crippen molar-refractivity contribution in [1.29, 1.82) is 0 Å². The molecule has 1 amide bonds. The molecule has 2 aromatic heterocycles. The van der Waals surface area contributed by atoms with Gasteiger partial charge in [-0.25, -0.2) is 9.97 Å². The highest BCUT2D eigenvalue weighted by Crippen LogP contribution is 2.15. The lowest BCUT2D eigenvalue weighted by molar-refractivity contribution is -0.143. The predicted molar refractivity (Wildman–Crippen MR) is 88.7 cm³/mol. The second kappa shape index (κ2) is 9.06. The number of nitrogens with one attached hydrogen (secondary N) is 3. The van der Waals surface area contributed by atoms with Crippen LogP contribution < -0.4 is 10.9 Å². The zero-order chi connectivity index (χ0) is 17.4. The third kappa shape index (κ3) is 5.37. The van der Waals surface area contributed by atoms with Gasteiger partial charge in [0.2, 0.25) is 5.91 Å². The van der Waals surface area contributed by atoms with Crippen LogP contribution in [0.25, 0.3) is 11.2 Å². The lowest BCUT2D eigenvalue weighted by Crippen LogP contribution is -2.30. The van der Waals surface area contributed by atoms with Crippen LogP contribution in [0, 0.1) is 0 Å². The number of hydrogen-bond acceptors (Lipinski definition) is 7. The molecule has 0 saturated carbocycles. The molecule has 0 aliphatic carbocycles. The predicted octanol–water partition coefficient (Wildman–Crippen LogP) is 0.588. The minimum absolute atomic E-state index is 0.101. The summed E-state index contributed by atoms with van der Waals surface area (Å²) in [6, 6.07) is 0. The van der Waals surface area contributed by atoms with Gasteiger partial charge in [0.05, 0.1) is 12.9 Å². The molecule has 2 rings (SSSR count). The van der Waals surface area contributed by atoms with Crippen molar-refractivity contribution in [1.82, 2.24) is 25.3 Å². The average molecular weight is 353 g/mol. The molecule has 0 radical (unpaired) electrons. The topological polar surface area (TPSA) is 130 Å². The number of amides is 1. The van der Waals surface area contributed by atoms with Gasteiger partial charge in [-0.3, -0.25) is 19.4 Å². The molecule has 0 aliphatic heterocycles. The largest absolute Gasteiger partial charge is 0.465 e.